The lowest BCUT2D eigenvalue weighted by atomic mass is 10.1. The third-order valence-electron chi connectivity index (χ3n) is 5.11. The first kappa shape index (κ1) is 23.2. The predicted octanol–water partition coefficient (Wildman–Crippen LogP) is 9.01. The monoisotopic (exact) mass is 493 g/mol. The second-order valence-corrected chi connectivity index (χ2v) is 10.3. The van der Waals surface area contributed by atoms with Crippen molar-refractivity contribution in [1.29, 1.82) is 0 Å². The maximum atomic E-state index is 14.3. The molecule has 0 saturated carbocycles. The van der Waals surface area contributed by atoms with Gasteiger partial charge in [-0.2, -0.15) is 0 Å². The Morgan fingerprint density at radius 3 is 1.73 bits per heavy atom. The number of ether oxygens (including phenoxy) is 1. The minimum atomic E-state index is -3.39. The molecule has 0 aliphatic rings. The standard InChI is InChI=1S/C27H22Cl2NO2P/c1-32-27-17-16-26(22-14-8-9-15-23(22)27)30-33(31,18-24(28)20-10-4-2-5-11-20)19-25(29)21-12-6-3-7-13-21/h2-19H,1H3,(H,30,31)/b24-18+,25-19+. The number of anilines is 1. The summed E-state index contributed by atoms with van der Waals surface area (Å²) in [5.74, 6) is 3.84. The maximum absolute atomic E-state index is 14.3. The number of benzene rings is 4. The Bertz CT molecular complexity index is 1310. The van der Waals surface area contributed by atoms with Crippen molar-refractivity contribution in [3.05, 3.63) is 120 Å². The van der Waals surface area contributed by atoms with Gasteiger partial charge < -0.3 is 9.82 Å². The summed E-state index contributed by atoms with van der Waals surface area (Å²) in [6, 6.07) is 30.3. The van der Waals surface area contributed by atoms with Gasteiger partial charge in [-0.05, 0) is 23.3 Å². The van der Waals surface area contributed by atoms with Gasteiger partial charge in [0.2, 0.25) is 7.29 Å². The Morgan fingerprint density at radius 2 is 1.21 bits per heavy atom. The van der Waals surface area contributed by atoms with Crippen molar-refractivity contribution in [2.24, 2.45) is 0 Å². The summed E-state index contributed by atoms with van der Waals surface area (Å²) < 4.78 is 19.8. The highest BCUT2D eigenvalue weighted by Crippen LogP contribution is 2.54. The van der Waals surface area contributed by atoms with Gasteiger partial charge in [0.15, 0.2) is 0 Å². The maximum Gasteiger partial charge on any atom is 0.216 e. The summed E-state index contributed by atoms with van der Waals surface area (Å²) >= 11 is 13.2. The predicted molar refractivity (Wildman–Crippen MR) is 142 cm³/mol. The number of fused-ring (bicyclic) bond motifs is 1. The first-order valence-corrected chi connectivity index (χ1v) is 12.9. The van der Waals surface area contributed by atoms with Crippen LogP contribution in [0.2, 0.25) is 0 Å². The van der Waals surface area contributed by atoms with Gasteiger partial charge in [-0.15, -0.1) is 0 Å². The van der Waals surface area contributed by atoms with Crippen LogP contribution in [0.5, 0.6) is 5.75 Å². The molecule has 0 spiro atoms. The van der Waals surface area contributed by atoms with Crippen LogP contribution in [0.15, 0.2) is 109 Å². The number of methoxy groups -OCH3 is 1. The molecular weight excluding hydrogens is 472 g/mol. The van der Waals surface area contributed by atoms with Gasteiger partial charge in [-0.3, -0.25) is 4.57 Å². The van der Waals surface area contributed by atoms with Crippen LogP contribution >= 0.6 is 30.5 Å². The van der Waals surface area contributed by atoms with Crippen molar-refractivity contribution >= 4 is 57.0 Å². The lowest BCUT2D eigenvalue weighted by Crippen LogP contribution is -1.96. The van der Waals surface area contributed by atoms with Crippen LogP contribution in [0.1, 0.15) is 11.1 Å². The number of nitrogens with one attached hydrogen (secondary N) is 1. The summed E-state index contributed by atoms with van der Waals surface area (Å²) in [5.41, 5.74) is 2.23. The average molecular weight is 494 g/mol. The first-order chi connectivity index (χ1) is 16.0. The zero-order valence-corrected chi connectivity index (χ0v) is 20.3. The Balaban J connectivity index is 1.83. The molecule has 1 N–H and O–H groups in total. The molecular formula is C27H22Cl2NO2P. The van der Waals surface area contributed by atoms with E-state index < -0.39 is 7.29 Å². The lowest BCUT2D eigenvalue weighted by Gasteiger charge is -2.18. The summed E-state index contributed by atoms with van der Waals surface area (Å²) in [6.45, 7) is 0. The average Bonchev–Trinajstić information content (AvgIpc) is 2.85. The number of hydrogen-bond donors (Lipinski definition) is 1. The van der Waals surface area contributed by atoms with E-state index in [0.717, 1.165) is 27.6 Å². The third kappa shape index (κ3) is 5.51. The van der Waals surface area contributed by atoms with Crippen molar-refractivity contribution in [2.45, 2.75) is 0 Å². The SMILES string of the molecule is COc1ccc(NP(=O)(/C=C(/Cl)c2ccccc2)/C=C(/Cl)c2ccccc2)c2ccccc12. The molecule has 0 aromatic heterocycles. The van der Waals surface area contributed by atoms with Gasteiger partial charge in [-0.1, -0.05) is 108 Å². The second kappa shape index (κ2) is 10.3. The highest BCUT2D eigenvalue weighted by Gasteiger charge is 2.21. The van der Waals surface area contributed by atoms with Crippen LogP contribution in [0.4, 0.5) is 5.69 Å². The van der Waals surface area contributed by atoms with Crippen LogP contribution in [-0.2, 0) is 4.57 Å². The van der Waals surface area contributed by atoms with Crippen LogP contribution in [0.3, 0.4) is 0 Å². The summed E-state index contributed by atoms with van der Waals surface area (Å²) in [7, 11) is -1.76. The van der Waals surface area contributed by atoms with E-state index in [1.165, 1.54) is 0 Å². The van der Waals surface area contributed by atoms with Gasteiger partial charge in [0, 0.05) is 28.1 Å². The highest BCUT2D eigenvalue weighted by molar-refractivity contribution is 7.72. The molecule has 4 aromatic rings. The molecule has 0 fully saturated rings. The molecule has 0 atom stereocenters. The lowest BCUT2D eigenvalue weighted by molar-refractivity contribution is 0.420. The normalized spacial score (nSPS) is 12.6. The number of rotatable bonds is 7. The van der Waals surface area contributed by atoms with Crippen molar-refractivity contribution in [3.8, 4) is 5.75 Å². The van der Waals surface area contributed by atoms with Gasteiger partial charge >= 0.3 is 0 Å². The van der Waals surface area contributed by atoms with Crippen molar-refractivity contribution in [2.75, 3.05) is 12.2 Å². The Labute approximate surface area is 203 Å². The smallest absolute Gasteiger partial charge is 0.216 e. The molecule has 0 amide bonds. The van der Waals surface area contributed by atoms with Crippen molar-refractivity contribution < 1.29 is 9.30 Å². The molecule has 0 saturated heterocycles. The molecule has 0 radical (unpaired) electrons. The van der Waals surface area contributed by atoms with Crippen molar-refractivity contribution in [1.82, 2.24) is 0 Å². The van der Waals surface area contributed by atoms with Crippen LogP contribution in [0.25, 0.3) is 20.8 Å². The summed E-state index contributed by atoms with van der Waals surface area (Å²) in [4.78, 5) is 0. The van der Waals surface area contributed by atoms with E-state index in [4.69, 9.17) is 27.9 Å². The van der Waals surface area contributed by atoms with E-state index in [0.29, 0.717) is 15.8 Å². The second-order valence-electron chi connectivity index (χ2n) is 7.37. The quantitative estimate of drug-likeness (QED) is 0.261. The largest absolute Gasteiger partial charge is 0.496 e. The molecule has 4 aromatic carbocycles. The van der Waals surface area contributed by atoms with E-state index in [-0.39, 0.29) is 0 Å². The van der Waals surface area contributed by atoms with Crippen LogP contribution < -0.4 is 9.82 Å². The van der Waals surface area contributed by atoms with Gasteiger partial charge in [0.05, 0.1) is 17.2 Å². The van der Waals surface area contributed by atoms with Gasteiger partial charge in [0.1, 0.15) is 5.75 Å². The molecule has 166 valence electrons. The minimum absolute atomic E-state index is 0.373. The Hall–Kier alpha value is -2.97. The van der Waals surface area contributed by atoms with E-state index in [1.54, 1.807) is 18.7 Å². The van der Waals surface area contributed by atoms with Crippen molar-refractivity contribution in [3.63, 3.8) is 0 Å². The molecule has 0 aliphatic carbocycles. The van der Waals surface area contributed by atoms with E-state index in [9.17, 15) is 4.57 Å². The zero-order valence-electron chi connectivity index (χ0n) is 17.9. The molecule has 0 aliphatic heterocycles. The first-order valence-electron chi connectivity index (χ1n) is 10.3. The summed E-state index contributed by atoms with van der Waals surface area (Å²) in [5, 5.41) is 5.77. The Kier molecular flexibility index (Phi) is 7.25. The fourth-order valence-corrected chi connectivity index (χ4v) is 6.39. The minimum Gasteiger partial charge on any atom is -0.496 e. The Morgan fingerprint density at radius 1 is 0.727 bits per heavy atom. The van der Waals surface area contributed by atoms with E-state index in [2.05, 4.69) is 5.09 Å². The molecule has 0 unspecified atom stereocenters. The zero-order chi connectivity index (χ0) is 23.3. The van der Waals surface area contributed by atoms with Gasteiger partial charge in [0.25, 0.3) is 0 Å². The fraction of sp³-hybridized carbons (Fsp3) is 0.0370. The molecule has 0 heterocycles. The highest BCUT2D eigenvalue weighted by atomic mass is 35.5. The topological polar surface area (TPSA) is 38.3 Å². The molecule has 4 rings (SSSR count). The van der Waals surface area contributed by atoms with E-state index in [1.807, 2.05) is 97.1 Å². The number of hydrogen-bond acceptors (Lipinski definition) is 2. The number of halogens is 2. The van der Waals surface area contributed by atoms with Crippen LogP contribution in [0, 0.1) is 0 Å². The molecule has 3 nitrogen and oxygen atoms in total. The third-order valence-corrected chi connectivity index (χ3v) is 7.94. The molecule has 0 bridgehead atoms. The van der Waals surface area contributed by atoms with E-state index >= 15 is 0 Å². The fourth-order valence-electron chi connectivity index (χ4n) is 3.52. The van der Waals surface area contributed by atoms with Crippen LogP contribution in [-0.4, -0.2) is 7.11 Å². The van der Waals surface area contributed by atoms with Gasteiger partial charge in [-0.25, -0.2) is 0 Å². The molecule has 33 heavy (non-hydrogen) atoms. The molecule has 6 heteroatoms. The summed E-state index contributed by atoms with van der Waals surface area (Å²) in [6.07, 6.45) is 0.